The van der Waals surface area contributed by atoms with E-state index in [9.17, 15) is 25.5 Å². The highest BCUT2D eigenvalue weighted by atomic mass is 16.3. The summed E-state index contributed by atoms with van der Waals surface area (Å²) >= 11 is 0. The van der Waals surface area contributed by atoms with Crippen molar-refractivity contribution in [3.63, 3.8) is 0 Å². The molecule has 0 amide bonds. The summed E-state index contributed by atoms with van der Waals surface area (Å²) in [6, 6.07) is 39.9. The van der Waals surface area contributed by atoms with E-state index in [2.05, 4.69) is 30.3 Å². The number of hydrogen-bond acceptors (Lipinski definition) is 6. The molecule has 0 radical (unpaired) electrons. The Morgan fingerprint density at radius 3 is 1.51 bits per heavy atom. The summed E-state index contributed by atoms with van der Waals surface area (Å²) in [7, 11) is 5.18. The van der Waals surface area contributed by atoms with Crippen molar-refractivity contribution in [2.75, 3.05) is 0 Å². The third kappa shape index (κ3) is 4.63. The molecule has 8 aromatic carbocycles. The summed E-state index contributed by atoms with van der Waals surface area (Å²) in [6.07, 6.45) is 0. The molecule has 1 heterocycles. The van der Waals surface area contributed by atoms with E-state index in [-0.39, 0.29) is 11.5 Å². The number of phenolic OH excluding ortho intramolecular Hbond substituents is 5. The van der Waals surface area contributed by atoms with Gasteiger partial charge in [0, 0.05) is 27.3 Å². The van der Waals surface area contributed by atoms with Crippen LogP contribution in [0.3, 0.4) is 0 Å². The summed E-state index contributed by atoms with van der Waals surface area (Å²) in [5.41, 5.74) is 9.49. The molecule has 9 aromatic rings. The van der Waals surface area contributed by atoms with Crippen LogP contribution in [0.15, 0.2) is 126 Å². The molecule has 0 saturated carbocycles. The predicted octanol–water partition coefficient (Wildman–Crippen LogP) is 5.86. The largest absolute Gasteiger partial charge is 0.505 e. The minimum Gasteiger partial charge on any atom is -0.505 e. The predicted molar refractivity (Wildman–Crippen MR) is 223 cm³/mol. The maximum Gasteiger partial charge on any atom is 0.200 e. The Morgan fingerprint density at radius 2 is 0.830 bits per heavy atom. The van der Waals surface area contributed by atoms with Gasteiger partial charge in [0.25, 0.3) is 0 Å². The lowest BCUT2D eigenvalue weighted by Gasteiger charge is -2.25. The van der Waals surface area contributed by atoms with Gasteiger partial charge in [-0.3, -0.25) is 0 Å². The Bertz CT molecular complexity index is 2890. The van der Waals surface area contributed by atoms with Crippen molar-refractivity contribution in [2.45, 2.75) is 0 Å². The Morgan fingerprint density at radius 1 is 0.358 bits per heavy atom. The van der Waals surface area contributed by atoms with E-state index in [0.717, 1.165) is 49.8 Å². The molecule has 0 fully saturated rings. The maximum atomic E-state index is 11.7. The molecule has 0 saturated heterocycles. The quantitative estimate of drug-likeness (QED) is 0.0900. The highest BCUT2D eigenvalue weighted by Crippen LogP contribution is 2.51. The fourth-order valence-corrected chi connectivity index (χ4v) is 8.16. The smallest absolute Gasteiger partial charge is 0.200 e. The van der Waals surface area contributed by atoms with Crippen LogP contribution in [0.2, 0.25) is 0 Å². The SMILES string of the molecule is Bc1c(O)c(O)c(B)c2c(-c3ccc(-c4ccccc4-c4cccc5c4oc4ccccc45)cc3)c3c(O)c(O)c(O)c(B)c3c(-c3ccccc3)c12. The van der Waals surface area contributed by atoms with Crippen molar-refractivity contribution < 1.29 is 29.9 Å². The van der Waals surface area contributed by atoms with Gasteiger partial charge in [0.05, 0.1) is 0 Å². The average molecular weight is 688 g/mol. The van der Waals surface area contributed by atoms with Crippen LogP contribution in [0.4, 0.5) is 0 Å². The number of furan rings is 1. The molecule has 0 aliphatic rings. The molecular weight excluding hydrogens is 657 g/mol. The van der Waals surface area contributed by atoms with E-state index in [1.54, 1.807) is 23.5 Å². The number of hydrogen-bond donors (Lipinski definition) is 5. The Balaban J connectivity index is 1.33. The second-order valence-electron chi connectivity index (χ2n) is 13.6. The highest BCUT2D eigenvalue weighted by molar-refractivity contribution is 6.54. The minimum atomic E-state index is -0.628. The fraction of sp³-hybridized carbons (Fsp3) is 0. The van der Waals surface area contributed by atoms with E-state index in [1.165, 1.54) is 0 Å². The lowest BCUT2D eigenvalue weighted by Crippen LogP contribution is -2.18. The van der Waals surface area contributed by atoms with Gasteiger partial charge in [0.2, 0.25) is 0 Å². The molecule has 252 valence electrons. The molecule has 0 unspecified atom stereocenters. The molecule has 1 aromatic heterocycles. The van der Waals surface area contributed by atoms with E-state index in [4.69, 9.17) is 4.42 Å². The second-order valence-corrected chi connectivity index (χ2v) is 13.6. The van der Waals surface area contributed by atoms with Crippen molar-refractivity contribution in [3.8, 4) is 73.3 Å². The lowest BCUT2D eigenvalue weighted by atomic mass is 9.72. The van der Waals surface area contributed by atoms with Crippen LogP contribution < -0.4 is 16.4 Å². The molecule has 9 heteroatoms. The fourth-order valence-electron chi connectivity index (χ4n) is 8.16. The van der Waals surface area contributed by atoms with E-state index >= 15 is 0 Å². The van der Waals surface area contributed by atoms with Crippen LogP contribution >= 0.6 is 0 Å². The van der Waals surface area contributed by atoms with E-state index in [0.29, 0.717) is 54.6 Å². The molecule has 6 nitrogen and oxygen atoms in total. The zero-order valence-electron chi connectivity index (χ0n) is 29.2. The summed E-state index contributed by atoms with van der Waals surface area (Å²) in [4.78, 5) is 0. The number of benzene rings is 8. The Labute approximate surface area is 307 Å². The van der Waals surface area contributed by atoms with Gasteiger partial charge in [-0.2, -0.15) is 0 Å². The van der Waals surface area contributed by atoms with Crippen molar-refractivity contribution in [1.29, 1.82) is 0 Å². The third-order valence-electron chi connectivity index (χ3n) is 10.8. The number of para-hydroxylation sites is 2. The Hall–Kier alpha value is -6.73. The second kappa shape index (κ2) is 11.9. The third-order valence-corrected chi connectivity index (χ3v) is 10.8. The van der Waals surface area contributed by atoms with Gasteiger partial charge in [-0.25, -0.2) is 0 Å². The topological polar surface area (TPSA) is 114 Å². The first-order valence-corrected chi connectivity index (χ1v) is 17.4. The lowest BCUT2D eigenvalue weighted by molar-refractivity contribution is 0.373. The molecule has 53 heavy (non-hydrogen) atoms. The van der Waals surface area contributed by atoms with Crippen LogP contribution in [0.25, 0.3) is 88.0 Å². The monoisotopic (exact) mass is 688 g/mol. The van der Waals surface area contributed by atoms with Crippen molar-refractivity contribution >= 4 is 83.4 Å². The van der Waals surface area contributed by atoms with E-state index < -0.39 is 17.2 Å². The van der Waals surface area contributed by atoms with Gasteiger partial charge in [-0.15, -0.1) is 0 Å². The molecular formula is C44H31B3O6. The molecule has 0 spiro atoms. The molecule has 0 aliphatic carbocycles. The van der Waals surface area contributed by atoms with Crippen molar-refractivity contribution in [2.24, 2.45) is 0 Å². The van der Waals surface area contributed by atoms with Crippen LogP contribution in [-0.4, -0.2) is 49.1 Å². The van der Waals surface area contributed by atoms with Crippen LogP contribution in [0.5, 0.6) is 28.7 Å². The molecule has 9 rings (SSSR count). The zero-order chi connectivity index (χ0) is 36.7. The molecule has 0 aliphatic heterocycles. The normalized spacial score (nSPS) is 11.6. The highest BCUT2D eigenvalue weighted by Gasteiger charge is 2.29. The summed E-state index contributed by atoms with van der Waals surface area (Å²) < 4.78 is 6.41. The number of fused-ring (bicyclic) bond motifs is 5. The molecule has 0 bridgehead atoms. The van der Waals surface area contributed by atoms with Gasteiger partial charge >= 0.3 is 0 Å². The minimum absolute atomic E-state index is 0.242. The van der Waals surface area contributed by atoms with Gasteiger partial charge in [0.1, 0.15) is 34.7 Å². The van der Waals surface area contributed by atoms with Gasteiger partial charge < -0.3 is 29.9 Å². The molecule has 0 atom stereocenters. The number of rotatable bonds is 4. The summed E-state index contributed by atoms with van der Waals surface area (Å²) in [6.45, 7) is 0. The van der Waals surface area contributed by atoms with Gasteiger partial charge in [-0.05, 0) is 72.0 Å². The molecule has 5 N–H and O–H groups in total. The van der Waals surface area contributed by atoms with Crippen molar-refractivity contribution in [3.05, 3.63) is 121 Å². The van der Waals surface area contributed by atoms with Crippen LogP contribution in [0, 0.1) is 0 Å². The van der Waals surface area contributed by atoms with Crippen molar-refractivity contribution in [1.82, 2.24) is 0 Å². The van der Waals surface area contributed by atoms with Crippen LogP contribution in [-0.2, 0) is 0 Å². The van der Waals surface area contributed by atoms with Crippen LogP contribution in [0.1, 0.15) is 0 Å². The zero-order valence-corrected chi connectivity index (χ0v) is 29.2. The first kappa shape index (κ1) is 32.2. The summed E-state index contributed by atoms with van der Waals surface area (Å²) in [5, 5.41) is 60.6. The van der Waals surface area contributed by atoms with Gasteiger partial charge in [0.15, 0.2) is 28.7 Å². The van der Waals surface area contributed by atoms with E-state index in [1.807, 2.05) is 91.0 Å². The first-order chi connectivity index (χ1) is 25.7. The number of aromatic hydroxyl groups is 5. The Kier molecular flexibility index (Phi) is 7.24. The van der Waals surface area contributed by atoms with Gasteiger partial charge in [-0.1, -0.05) is 115 Å². The average Bonchev–Trinajstić information content (AvgIpc) is 3.59. The number of phenols is 5. The summed E-state index contributed by atoms with van der Waals surface area (Å²) in [5.74, 6) is -2.04. The maximum absolute atomic E-state index is 11.7. The standard InChI is InChI=1S/C44H31B3O6/c45-36-32-30(22-9-2-1-3-10-22)34-35(39(48)43(52)42(51)38(34)47)31(33(32)37(46)41(50)40(36)49)23-19-17-21(18-20-23)24-11-4-5-12-25(24)27-14-8-15-28-26-13-6-7-16-29(26)53-44(27)28/h1-20,48-52H,45-47H2. The first-order valence-electron chi connectivity index (χ1n) is 17.4.